The highest BCUT2D eigenvalue weighted by atomic mass is 16.3. The van der Waals surface area contributed by atoms with Crippen molar-refractivity contribution >= 4 is 0 Å². The summed E-state index contributed by atoms with van der Waals surface area (Å²) in [6.45, 7) is 9.68. The standard InChI is InChI=1S/C16H25NO/c1-11-7-12(2)15(13(3)8-11)16(4,10-18)17-9-14-5-6-14/h7-8,14,17-18H,5-6,9-10H2,1-4H3. The van der Waals surface area contributed by atoms with Crippen LogP contribution in [-0.4, -0.2) is 18.3 Å². The summed E-state index contributed by atoms with van der Waals surface area (Å²) in [5, 5.41) is 13.4. The van der Waals surface area contributed by atoms with Gasteiger partial charge in [-0.05, 0) is 69.7 Å². The smallest absolute Gasteiger partial charge is 0.0652 e. The van der Waals surface area contributed by atoms with Crippen molar-refractivity contribution in [3.8, 4) is 0 Å². The van der Waals surface area contributed by atoms with E-state index in [1.807, 2.05) is 0 Å². The molecule has 1 unspecified atom stereocenters. The summed E-state index contributed by atoms with van der Waals surface area (Å²) in [6, 6.07) is 4.41. The van der Waals surface area contributed by atoms with Gasteiger partial charge in [-0.3, -0.25) is 0 Å². The number of benzene rings is 1. The Morgan fingerprint density at radius 2 is 1.78 bits per heavy atom. The Balaban J connectivity index is 2.29. The third kappa shape index (κ3) is 2.76. The quantitative estimate of drug-likeness (QED) is 0.838. The molecule has 2 heteroatoms. The molecule has 18 heavy (non-hydrogen) atoms. The zero-order valence-corrected chi connectivity index (χ0v) is 12.0. The molecule has 1 aromatic carbocycles. The molecule has 1 aromatic rings. The molecule has 0 aliphatic heterocycles. The lowest BCUT2D eigenvalue weighted by atomic mass is 9.84. The summed E-state index contributed by atoms with van der Waals surface area (Å²) in [7, 11) is 0. The molecule has 0 aromatic heterocycles. The van der Waals surface area contributed by atoms with E-state index in [9.17, 15) is 5.11 Å². The minimum atomic E-state index is -0.315. The third-order valence-corrected chi connectivity index (χ3v) is 4.02. The molecule has 0 bridgehead atoms. The van der Waals surface area contributed by atoms with Crippen LogP contribution in [0, 0.1) is 26.7 Å². The fraction of sp³-hybridized carbons (Fsp3) is 0.625. The van der Waals surface area contributed by atoms with E-state index in [-0.39, 0.29) is 12.1 Å². The predicted octanol–water partition coefficient (Wildman–Crippen LogP) is 2.82. The van der Waals surface area contributed by atoms with Crippen molar-refractivity contribution in [2.24, 2.45) is 5.92 Å². The lowest BCUT2D eigenvalue weighted by Crippen LogP contribution is -2.45. The Hall–Kier alpha value is -0.860. The number of rotatable bonds is 5. The molecule has 0 saturated heterocycles. The molecule has 2 nitrogen and oxygen atoms in total. The summed E-state index contributed by atoms with van der Waals surface area (Å²) < 4.78 is 0. The molecule has 0 amide bonds. The minimum Gasteiger partial charge on any atom is -0.394 e. The number of hydrogen-bond acceptors (Lipinski definition) is 2. The molecule has 2 N–H and O–H groups in total. The summed E-state index contributed by atoms with van der Waals surface area (Å²) in [4.78, 5) is 0. The van der Waals surface area contributed by atoms with Crippen molar-refractivity contribution < 1.29 is 5.11 Å². The van der Waals surface area contributed by atoms with E-state index in [4.69, 9.17) is 0 Å². The van der Waals surface area contributed by atoms with Crippen molar-refractivity contribution in [3.05, 3.63) is 34.4 Å². The van der Waals surface area contributed by atoms with Crippen LogP contribution in [0.25, 0.3) is 0 Å². The number of aliphatic hydroxyl groups is 1. The van der Waals surface area contributed by atoms with Gasteiger partial charge in [0.05, 0.1) is 12.1 Å². The Kier molecular flexibility index (Phi) is 3.79. The molecule has 1 aliphatic carbocycles. The van der Waals surface area contributed by atoms with Crippen LogP contribution in [0.5, 0.6) is 0 Å². The van der Waals surface area contributed by atoms with Gasteiger partial charge in [-0.2, -0.15) is 0 Å². The Morgan fingerprint density at radius 1 is 1.22 bits per heavy atom. The first-order valence-electron chi connectivity index (χ1n) is 6.90. The van der Waals surface area contributed by atoms with Crippen molar-refractivity contribution in [2.45, 2.75) is 46.1 Å². The number of nitrogens with one attached hydrogen (secondary N) is 1. The molecule has 0 spiro atoms. The topological polar surface area (TPSA) is 32.3 Å². The van der Waals surface area contributed by atoms with Gasteiger partial charge in [-0.1, -0.05) is 17.7 Å². The third-order valence-electron chi connectivity index (χ3n) is 4.02. The van der Waals surface area contributed by atoms with E-state index in [0.29, 0.717) is 0 Å². The molecule has 1 saturated carbocycles. The van der Waals surface area contributed by atoms with Gasteiger partial charge in [0.1, 0.15) is 0 Å². The van der Waals surface area contributed by atoms with Gasteiger partial charge in [0.2, 0.25) is 0 Å². The molecule has 1 atom stereocenters. The molecular formula is C16H25NO. The first-order chi connectivity index (χ1) is 8.46. The van der Waals surface area contributed by atoms with Gasteiger partial charge < -0.3 is 10.4 Å². The van der Waals surface area contributed by atoms with E-state index in [1.54, 1.807) is 0 Å². The maximum atomic E-state index is 9.83. The van der Waals surface area contributed by atoms with E-state index in [2.05, 4.69) is 45.1 Å². The second-order valence-corrected chi connectivity index (χ2v) is 6.09. The van der Waals surface area contributed by atoms with Gasteiger partial charge in [0.15, 0.2) is 0 Å². The van der Waals surface area contributed by atoms with E-state index >= 15 is 0 Å². The largest absolute Gasteiger partial charge is 0.394 e. The maximum Gasteiger partial charge on any atom is 0.0652 e. The van der Waals surface area contributed by atoms with Crippen LogP contribution in [0.1, 0.15) is 42.0 Å². The van der Waals surface area contributed by atoms with Crippen molar-refractivity contribution in [1.29, 1.82) is 0 Å². The first kappa shape index (κ1) is 13.6. The average molecular weight is 247 g/mol. The van der Waals surface area contributed by atoms with E-state index < -0.39 is 0 Å². The highest BCUT2D eigenvalue weighted by molar-refractivity contribution is 5.42. The SMILES string of the molecule is Cc1cc(C)c(C(C)(CO)NCC2CC2)c(C)c1. The molecule has 1 fully saturated rings. The summed E-state index contributed by atoms with van der Waals surface area (Å²) >= 11 is 0. The first-order valence-corrected chi connectivity index (χ1v) is 6.90. The lowest BCUT2D eigenvalue weighted by molar-refractivity contribution is 0.172. The van der Waals surface area contributed by atoms with Gasteiger partial charge >= 0.3 is 0 Å². The van der Waals surface area contributed by atoms with Gasteiger partial charge in [-0.15, -0.1) is 0 Å². The number of hydrogen-bond donors (Lipinski definition) is 2. The normalized spacial score (nSPS) is 18.7. The zero-order chi connectivity index (χ0) is 13.3. The summed E-state index contributed by atoms with van der Waals surface area (Å²) in [6.07, 6.45) is 2.67. The zero-order valence-electron chi connectivity index (χ0n) is 12.0. The predicted molar refractivity (Wildman–Crippen MR) is 75.8 cm³/mol. The fourth-order valence-corrected chi connectivity index (χ4v) is 2.97. The van der Waals surface area contributed by atoms with Crippen molar-refractivity contribution in [3.63, 3.8) is 0 Å². The Morgan fingerprint density at radius 3 is 2.22 bits per heavy atom. The average Bonchev–Trinajstić information content (AvgIpc) is 3.08. The van der Waals surface area contributed by atoms with Crippen LogP contribution in [0.4, 0.5) is 0 Å². The van der Waals surface area contributed by atoms with E-state index in [0.717, 1.165) is 12.5 Å². The van der Waals surface area contributed by atoms with Gasteiger partial charge in [0.25, 0.3) is 0 Å². The van der Waals surface area contributed by atoms with Crippen LogP contribution in [-0.2, 0) is 5.54 Å². The van der Waals surface area contributed by atoms with Crippen molar-refractivity contribution in [1.82, 2.24) is 5.32 Å². The number of aryl methyl sites for hydroxylation is 3. The van der Waals surface area contributed by atoms with Crippen LogP contribution in [0.15, 0.2) is 12.1 Å². The highest BCUT2D eigenvalue weighted by Crippen LogP contribution is 2.32. The van der Waals surface area contributed by atoms with Crippen LogP contribution in [0.3, 0.4) is 0 Å². The Bertz CT molecular complexity index is 414. The molecular weight excluding hydrogens is 222 g/mol. The molecule has 1 aliphatic rings. The van der Waals surface area contributed by atoms with Crippen LogP contribution < -0.4 is 5.32 Å². The maximum absolute atomic E-state index is 9.83. The van der Waals surface area contributed by atoms with Crippen LogP contribution >= 0.6 is 0 Å². The molecule has 0 radical (unpaired) electrons. The van der Waals surface area contributed by atoms with Crippen LogP contribution in [0.2, 0.25) is 0 Å². The lowest BCUT2D eigenvalue weighted by Gasteiger charge is -2.33. The van der Waals surface area contributed by atoms with E-state index in [1.165, 1.54) is 35.1 Å². The highest BCUT2D eigenvalue weighted by Gasteiger charge is 2.31. The molecule has 2 rings (SSSR count). The monoisotopic (exact) mass is 247 g/mol. The molecule has 0 heterocycles. The minimum absolute atomic E-state index is 0.143. The van der Waals surface area contributed by atoms with Gasteiger partial charge in [0, 0.05) is 0 Å². The molecule has 100 valence electrons. The number of aliphatic hydroxyl groups excluding tert-OH is 1. The second kappa shape index (κ2) is 5.02. The second-order valence-electron chi connectivity index (χ2n) is 6.09. The van der Waals surface area contributed by atoms with Gasteiger partial charge in [-0.25, -0.2) is 0 Å². The summed E-state index contributed by atoms with van der Waals surface area (Å²) in [5.41, 5.74) is 4.77. The van der Waals surface area contributed by atoms with Crippen molar-refractivity contribution in [2.75, 3.05) is 13.2 Å². The fourth-order valence-electron chi connectivity index (χ4n) is 2.97. The summed E-state index contributed by atoms with van der Waals surface area (Å²) in [5.74, 6) is 0.821. The Labute approximate surface area is 110 Å².